The molecule has 0 radical (unpaired) electrons. The van der Waals surface area contributed by atoms with Crippen molar-refractivity contribution < 1.29 is 4.74 Å². The van der Waals surface area contributed by atoms with Gasteiger partial charge in [-0.25, -0.2) is 0 Å². The Morgan fingerprint density at radius 1 is 1.41 bits per heavy atom. The molecule has 94 valence electrons. The van der Waals surface area contributed by atoms with E-state index >= 15 is 0 Å². The molecule has 1 aliphatic heterocycles. The fourth-order valence-corrected chi connectivity index (χ4v) is 3.56. The van der Waals surface area contributed by atoms with Gasteiger partial charge in [0.15, 0.2) is 0 Å². The molecule has 1 atom stereocenters. The van der Waals surface area contributed by atoms with Crippen molar-refractivity contribution in [2.75, 3.05) is 19.4 Å². The molecule has 0 aromatic heterocycles. The first-order chi connectivity index (χ1) is 8.23. The van der Waals surface area contributed by atoms with Gasteiger partial charge in [-0.15, -0.1) is 0 Å². The van der Waals surface area contributed by atoms with Gasteiger partial charge in [-0.1, -0.05) is 18.2 Å². The molecule has 1 heterocycles. The Morgan fingerprint density at radius 3 is 2.94 bits per heavy atom. The molecule has 0 saturated carbocycles. The second-order valence-electron chi connectivity index (χ2n) is 4.82. The van der Waals surface area contributed by atoms with Crippen LogP contribution < -0.4 is 10.1 Å². The van der Waals surface area contributed by atoms with Gasteiger partial charge in [0, 0.05) is 23.4 Å². The van der Waals surface area contributed by atoms with Crippen molar-refractivity contribution in [2.24, 2.45) is 0 Å². The molecule has 1 unspecified atom stereocenters. The number of hydrogen-bond acceptors (Lipinski definition) is 3. The van der Waals surface area contributed by atoms with Gasteiger partial charge >= 0.3 is 0 Å². The Bertz CT molecular complexity index is 361. The van der Waals surface area contributed by atoms with Crippen molar-refractivity contribution in [1.82, 2.24) is 5.32 Å². The van der Waals surface area contributed by atoms with Gasteiger partial charge < -0.3 is 10.1 Å². The minimum absolute atomic E-state index is 0.433. The summed E-state index contributed by atoms with van der Waals surface area (Å²) in [5, 5.41) is 3.56. The van der Waals surface area contributed by atoms with E-state index in [0.717, 1.165) is 18.8 Å². The van der Waals surface area contributed by atoms with Crippen LogP contribution in [0.25, 0.3) is 0 Å². The summed E-state index contributed by atoms with van der Waals surface area (Å²) < 4.78 is 5.78. The van der Waals surface area contributed by atoms with Crippen molar-refractivity contribution in [2.45, 2.75) is 31.1 Å². The maximum Gasteiger partial charge on any atom is 0.123 e. The molecule has 1 N–H and O–H groups in total. The Balaban J connectivity index is 1.85. The van der Waals surface area contributed by atoms with E-state index in [1.807, 2.05) is 12.1 Å². The summed E-state index contributed by atoms with van der Waals surface area (Å²) >= 11 is 2.10. The average molecular weight is 251 g/mol. The van der Waals surface area contributed by atoms with Crippen LogP contribution in [0.15, 0.2) is 24.3 Å². The molecule has 1 saturated heterocycles. The van der Waals surface area contributed by atoms with Crippen LogP contribution in [0.5, 0.6) is 5.75 Å². The minimum atomic E-state index is 0.433. The van der Waals surface area contributed by atoms with Crippen LogP contribution >= 0.6 is 11.8 Å². The third-order valence-corrected chi connectivity index (χ3v) is 4.85. The highest BCUT2D eigenvalue weighted by Gasteiger charge is 2.28. The Kier molecular flexibility index (Phi) is 4.35. The number of nitrogens with one attached hydrogen (secondary N) is 1. The van der Waals surface area contributed by atoms with Crippen LogP contribution in [0.4, 0.5) is 0 Å². The third-order valence-electron chi connectivity index (χ3n) is 3.31. The summed E-state index contributed by atoms with van der Waals surface area (Å²) in [6.45, 7) is 4.33. The molecular weight excluding hydrogens is 230 g/mol. The lowest BCUT2D eigenvalue weighted by Crippen LogP contribution is -2.32. The first-order valence-electron chi connectivity index (χ1n) is 6.20. The zero-order chi connectivity index (χ0) is 12.1. The zero-order valence-corrected chi connectivity index (χ0v) is 11.5. The topological polar surface area (TPSA) is 21.3 Å². The lowest BCUT2D eigenvalue weighted by molar-refractivity contribution is 0.406. The van der Waals surface area contributed by atoms with Gasteiger partial charge in [0.1, 0.15) is 5.75 Å². The number of para-hydroxylation sites is 1. The van der Waals surface area contributed by atoms with Crippen LogP contribution in [0.3, 0.4) is 0 Å². The fraction of sp³-hybridized carbons (Fsp3) is 0.571. The maximum atomic E-state index is 5.35. The Hall–Kier alpha value is -0.670. The molecule has 0 aliphatic carbocycles. The summed E-state index contributed by atoms with van der Waals surface area (Å²) in [6, 6.07) is 8.21. The SMILES string of the molecule is COc1ccccc1CNCC1(C)CCCS1. The van der Waals surface area contributed by atoms with Gasteiger partial charge in [0.25, 0.3) is 0 Å². The van der Waals surface area contributed by atoms with E-state index in [-0.39, 0.29) is 0 Å². The molecule has 2 rings (SSSR count). The summed E-state index contributed by atoms with van der Waals surface area (Å²) in [4.78, 5) is 0. The van der Waals surface area contributed by atoms with E-state index in [4.69, 9.17) is 4.74 Å². The fourth-order valence-electron chi connectivity index (χ4n) is 2.29. The normalized spacial score (nSPS) is 23.9. The number of ether oxygens (including phenoxy) is 1. The van der Waals surface area contributed by atoms with E-state index in [9.17, 15) is 0 Å². The molecule has 3 heteroatoms. The predicted molar refractivity (Wildman–Crippen MR) is 74.8 cm³/mol. The molecule has 0 spiro atoms. The van der Waals surface area contributed by atoms with Crippen LogP contribution in [-0.4, -0.2) is 24.2 Å². The second-order valence-corrected chi connectivity index (χ2v) is 6.50. The largest absolute Gasteiger partial charge is 0.496 e. The van der Waals surface area contributed by atoms with Gasteiger partial charge in [-0.3, -0.25) is 0 Å². The molecule has 0 bridgehead atoms. The molecular formula is C14H21NOS. The van der Waals surface area contributed by atoms with Crippen molar-refractivity contribution >= 4 is 11.8 Å². The molecule has 2 nitrogen and oxygen atoms in total. The summed E-state index contributed by atoms with van der Waals surface area (Å²) in [6.07, 6.45) is 2.69. The van der Waals surface area contributed by atoms with E-state index in [1.54, 1.807) is 7.11 Å². The summed E-state index contributed by atoms with van der Waals surface area (Å²) in [5.41, 5.74) is 1.24. The first kappa shape index (κ1) is 12.8. The quantitative estimate of drug-likeness (QED) is 0.869. The zero-order valence-electron chi connectivity index (χ0n) is 10.7. The molecule has 17 heavy (non-hydrogen) atoms. The molecule has 1 aromatic rings. The molecule has 1 fully saturated rings. The van der Waals surface area contributed by atoms with E-state index in [0.29, 0.717) is 4.75 Å². The third kappa shape index (κ3) is 3.39. The highest BCUT2D eigenvalue weighted by Crippen LogP contribution is 2.37. The van der Waals surface area contributed by atoms with Crippen LogP contribution in [-0.2, 0) is 6.54 Å². The number of methoxy groups -OCH3 is 1. The molecule has 1 aliphatic rings. The number of hydrogen-bond donors (Lipinski definition) is 1. The van der Waals surface area contributed by atoms with E-state index in [2.05, 4.69) is 36.1 Å². The van der Waals surface area contributed by atoms with Crippen molar-refractivity contribution in [3.63, 3.8) is 0 Å². The van der Waals surface area contributed by atoms with Crippen molar-refractivity contribution in [1.29, 1.82) is 0 Å². The summed E-state index contributed by atoms with van der Waals surface area (Å²) in [7, 11) is 1.73. The van der Waals surface area contributed by atoms with E-state index in [1.165, 1.54) is 24.2 Å². The smallest absolute Gasteiger partial charge is 0.123 e. The van der Waals surface area contributed by atoms with Crippen LogP contribution in [0.1, 0.15) is 25.3 Å². The maximum absolute atomic E-state index is 5.35. The van der Waals surface area contributed by atoms with Crippen molar-refractivity contribution in [3.8, 4) is 5.75 Å². The highest BCUT2D eigenvalue weighted by molar-refractivity contribution is 8.00. The Morgan fingerprint density at radius 2 is 2.24 bits per heavy atom. The standard InChI is InChI=1S/C14H21NOS/c1-14(8-5-9-17-14)11-15-10-12-6-3-4-7-13(12)16-2/h3-4,6-7,15H,5,8-11H2,1-2H3. The lowest BCUT2D eigenvalue weighted by atomic mass is 10.1. The van der Waals surface area contributed by atoms with Gasteiger partial charge in [0.05, 0.1) is 7.11 Å². The van der Waals surface area contributed by atoms with E-state index < -0.39 is 0 Å². The van der Waals surface area contributed by atoms with Gasteiger partial charge in [0.2, 0.25) is 0 Å². The monoisotopic (exact) mass is 251 g/mol. The summed E-state index contributed by atoms with van der Waals surface area (Å²) in [5.74, 6) is 2.29. The second kappa shape index (κ2) is 5.78. The van der Waals surface area contributed by atoms with Gasteiger partial charge in [-0.2, -0.15) is 11.8 Å². The lowest BCUT2D eigenvalue weighted by Gasteiger charge is -2.23. The van der Waals surface area contributed by atoms with Crippen LogP contribution in [0.2, 0.25) is 0 Å². The number of rotatable bonds is 5. The number of benzene rings is 1. The number of thioether (sulfide) groups is 1. The highest BCUT2D eigenvalue weighted by atomic mass is 32.2. The average Bonchev–Trinajstić information content (AvgIpc) is 2.77. The predicted octanol–water partition coefficient (Wildman–Crippen LogP) is 3.07. The molecule has 0 amide bonds. The first-order valence-corrected chi connectivity index (χ1v) is 7.19. The Labute approximate surface area is 108 Å². The van der Waals surface area contributed by atoms with Gasteiger partial charge in [-0.05, 0) is 31.6 Å². The van der Waals surface area contributed by atoms with Crippen molar-refractivity contribution in [3.05, 3.63) is 29.8 Å². The molecule has 1 aromatic carbocycles. The van der Waals surface area contributed by atoms with Crippen LogP contribution in [0, 0.1) is 0 Å². The minimum Gasteiger partial charge on any atom is -0.496 e.